The van der Waals surface area contributed by atoms with Crippen LogP contribution in [0.15, 0.2) is 48.5 Å². The molecule has 2 aromatic rings. The standard InChI is InChI=1S/C23H28F3NO2/c1-15(17-12-18(22(2,3)4)14-19(13-17)23(24,25)26)29-21-20(27-10-11-28-21)16-8-6-5-7-9-16/h5-9,12-15,20-21,27H,10-11H2,1-4H3. The Hall–Kier alpha value is -1.89. The maximum absolute atomic E-state index is 13.5. The van der Waals surface area contributed by atoms with Gasteiger partial charge in [-0.25, -0.2) is 0 Å². The van der Waals surface area contributed by atoms with Crippen LogP contribution in [0, 0.1) is 0 Å². The lowest BCUT2D eigenvalue weighted by molar-refractivity contribution is -0.200. The van der Waals surface area contributed by atoms with Crippen LogP contribution < -0.4 is 5.32 Å². The van der Waals surface area contributed by atoms with Crippen molar-refractivity contribution in [3.63, 3.8) is 0 Å². The number of rotatable bonds is 4. The molecular weight excluding hydrogens is 379 g/mol. The van der Waals surface area contributed by atoms with Gasteiger partial charge in [-0.15, -0.1) is 0 Å². The Morgan fingerprint density at radius 2 is 1.69 bits per heavy atom. The molecule has 0 spiro atoms. The van der Waals surface area contributed by atoms with Crippen molar-refractivity contribution in [3.8, 4) is 0 Å². The first-order valence-electron chi connectivity index (χ1n) is 9.84. The van der Waals surface area contributed by atoms with Crippen molar-refractivity contribution >= 4 is 0 Å². The highest BCUT2D eigenvalue weighted by molar-refractivity contribution is 5.36. The van der Waals surface area contributed by atoms with Gasteiger partial charge >= 0.3 is 6.18 Å². The van der Waals surface area contributed by atoms with Gasteiger partial charge in [0, 0.05) is 6.54 Å². The number of morpholine rings is 1. The molecule has 158 valence electrons. The Morgan fingerprint density at radius 3 is 2.31 bits per heavy atom. The molecule has 0 bridgehead atoms. The van der Waals surface area contributed by atoms with E-state index in [4.69, 9.17) is 9.47 Å². The van der Waals surface area contributed by atoms with Gasteiger partial charge < -0.3 is 14.8 Å². The molecule has 0 aromatic heterocycles. The third kappa shape index (κ3) is 5.38. The normalized spacial score (nSPS) is 21.8. The lowest BCUT2D eigenvalue weighted by Gasteiger charge is -2.35. The molecule has 6 heteroatoms. The maximum Gasteiger partial charge on any atom is 0.416 e. The van der Waals surface area contributed by atoms with Gasteiger partial charge in [-0.05, 0) is 41.2 Å². The van der Waals surface area contributed by atoms with Crippen molar-refractivity contribution in [1.82, 2.24) is 5.32 Å². The van der Waals surface area contributed by atoms with Gasteiger partial charge in [0.05, 0.1) is 24.3 Å². The first-order valence-corrected chi connectivity index (χ1v) is 9.84. The van der Waals surface area contributed by atoms with Gasteiger partial charge in [-0.1, -0.05) is 57.2 Å². The summed E-state index contributed by atoms with van der Waals surface area (Å²) in [5.41, 5.74) is 1.07. The van der Waals surface area contributed by atoms with Crippen molar-refractivity contribution in [2.45, 2.75) is 57.7 Å². The number of ether oxygens (including phenoxy) is 2. The zero-order valence-electron chi connectivity index (χ0n) is 17.2. The van der Waals surface area contributed by atoms with Crippen LogP contribution in [0.5, 0.6) is 0 Å². The minimum Gasteiger partial charge on any atom is -0.349 e. The largest absolute Gasteiger partial charge is 0.416 e. The molecular formula is C23H28F3NO2. The molecule has 0 saturated carbocycles. The van der Waals surface area contributed by atoms with E-state index in [1.165, 1.54) is 12.1 Å². The number of halogens is 3. The van der Waals surface area contributed by atoms with E-state index in [9.17, 15) is 13.2 Å². The van der Waals surface area contributed by atoms with E-state index in [-0.39, 0.29) is 6.04 Å². The van der Waals surface area contributed by atoms with E-state index < -0.39 is 29.5 Å². The highest BCUT2D eigenvalue weighted by Crippen LogP contribution is 2.37. The lowest BCUT2D eigenvalue weighted by Crippen LogP contribution is -2.43. The molecule has 2 aromatic carbocycles. The van der Waals surface area contributed by atoms with Gasteiger partial charge in [-0.2, -0.15) is 13.2 Å². The van der Waals surface area contributed by atoms with E-state index in [0.717, 1.165) is 5.56 Å². The molecule has 1 aliphatic rings. The molecule has 0 amide bonds. The Kier molecular flexibility index (Phi) is 6.36. The van der Waals surface area contributed by atoms with Crippen molar-refractivity contribution < 1.29 is 22.6 Å². The van der Waals surface area contributed by atoms with Gasteiger partial charge in [0.2, 0.25) is 0 Å². The molecule has 1 aliphatic heterocycles. The Balaban J connectivity index is 1.88. The quantitative estimate of drug-likeness (QED) is 0.698. The summed E-state index contributed by atoms with van der Waals surface area (Å²) in [5, 5.41) is 3.38. The summed E-state index contributed by atoms with van der Waals surface area (Å²) in [5.74, 6) is 0. The number of benzene rings is 2. The third-order valence-corrected chi connectivity index (χ3v) is 5.14. The van der Waals surface area contributed by atoms with E-state index in [0.29, 0.717) is 24.3 Å². The van der Waals surface area contributed by atoms with Crippen LogP contribution in [-0.2, 0) is 21.1 Å². The van der Waals surface area contributed by atoms with Gasteiger partial charge in [-0.3, -0.25) is 0 Å². The summed E-state index contributed by atoms with van der Waals surface area (Å²) in [7, 11) is 0. The second-order valence-corrected chi connectivity index (χ2v) is 8.45. The first kappa shape index (κ1) is 21.8. The molecule has 3 rings (SSSR count). The summed E-state index contributed by atoms with van der Waals surface area (Å²) in [6, 6.07) is 13.8. The highest BCUT2D eigenvalue weighted by Gasteiger charge is 2.34. The maximum atomic E-state index is 13.5. The smallest absolute Gasteiger partial charge is 0.349 e. The highest BCUT2D eigenvalue weighted by atomic mass is 19.4. The second kappa shape index (κ2) is 8.46. The Labute approximate surface area is 170 Å². The topological polar surface area (TPSA) is 30.5 Å². The van der Waals surface area contributed by atoms with Gasteiger partial charge in [0.15, 0.2) is 6.29 Å². The molecule has 0 aliphatic carbocycles. The Bertz CT molecular complexity index is 783. The van der Waals surface area contributed by atoms with E-state index in [1.54, 1.807) is 13.0 Å². The van der Waals surface area contributed by atoms with E-state index in [2.05, 4.69) is 5.32 Å². The molecule has 1 fully saturated rings. The van der Waals surface area contributed by atoms with Crippen molar-refractivity contribution in [2.24, 2.45) is 0 Å². The monoisotopic (exact) mass is 407 g/mol. The van der Waals surface area contributed by atoms with Crippen molar-refractivity contribution in [2.75, 3.05) is 13.2 Å². The fraction of sp³-hybridized carbons (Fsp3) is 0.478. The molecule has 3 atom stereocenters. The summed E-state index contributed by atoms with van der Waals surface area (Å²) in [4.78, 5) is 0. The number of hydrogen-bond acceptors (Lipinski definition) is 3. The first-order chi connectivity index (χ1) is 13.6. The molecule has 3 nitrogen and oxygen atoms in total. The van der Waals surface area contributed by atoms with E-state index >= 15 is 0 Å². The molecule has 1 heterocycles. The zero-order chi connectivity index (χ0) is 21.2. The van der Waals surface area contributed by atoms with Gasteiger partial charge in [0.25, 0.3) is 0 Å². The number of hydrogen-bond donors (Lipinski definition) is 1. The lowest BCUT2D eigenvalue weighted by atomic mass is 9.84. The van der Waals surface area contributed by atoms with Crippen LogP contribution in [0.25, 0.3) is 0 Å². The predicted octanol–water partition coefficient (Wildman–Crippen LogP) is 5.77. The second-order valence-electron chi connectivity index (χ2n) is 8.45. The summed E-state index contributed by atoms with van der Waals surface area (Å²) in [6.07, 6.45) is -5.56. The average molecular weight is 407 g/mol. The summed E-state index contributed by atoms with van der Waals surface area (Å²) >= 11 is 0. The molecule has 1 N–H and O–H groups in total. The minimum absolute atomic E-state index is 0.180. The van der Waals surface area contributed by atoms with Crippen LogP contribution >= 0.6 is 0 Å². The zero-order valence-corrected chi connectivity index (χ0v) is 17.2. The van der Waals surface area contributed by atoms with E-state index in [1.807, 2.05) is 51.1 Å². The van der Waals surface area contributed by atoms with Crippen LogP contribution in [0.3, 0.4) is 0 Å². The Morgan fingerprint density at radius 1 is 1.03 bits per heavy atom. The van der Waals surface area contributed by atoms with Crippen molar-refractivity contribution in [3.05, 3.63) is 70.8 Å². The fourth-order valence-electron chi connectivity index (χ4n) is 3.40. The molecule has 0 radical (unpaired) electrons. The minimum atomic E-state index is -4.41. The summed E-state index contributed by atoms with van der Waals surface area (Å²) in [6.45, 7) is 8.64. The third-order valence-electron chi connectivity index (χ3n) is 5.14. The molecule has 3 unspecified atom stereocenters. The van der Waals surface area contributed by atoms with Crippen LogP contribution in [0.1, 0.15) is 62.1 Å². The predicted molar refractivity (Wildman–Crippen MR) is 107 cm³/mol. The SMILES string of the molecule is CC(OC1OCCNC1c1ccccc1)c1cc(C(C)(C)C)cc(C(F)(F)F)c1. The van der Waals surface area contributed by atoms with Crippen LogP contribution in [-0.4, -0.2) is 19.4 Å². The fourth-order valence-corrected chi connectivity index (χ4v) is 3.40. The number of nitrogens with one attached hydrogen (secondary N) is 1. The summed E-state index contributed by atoms with van der Waals surface area (Å²) < 4.78 is 52.4. The van der Waals surface area contributed by atoms with Crippen LogP contribution in [0.4, 0.5) is 13.2 Å². The number of alkyl halides is 3. The average Bonchev–Trinajstić information content (AvgIpc) is 2.67. The molecule has 1 saturated heterocycles. The van der Waals surface area contributed by atoms with Crippen molar-refractivity contribution in [1.29, 1.82) is 0 Å². The van der Waals surface area contributed by atoms with Crippen LogP contribution in [0.2, 0.25) is 0 Å². The van der Waals surface area contributed by atoms with Gasteiger partial charge in [0.1, 0.15) is 0 Å². The molecule has 29 heavy (non-hydrogen) atoms.